The molecule has 3 nitrogen and oxygen atoms in total. The Labute approximate surface area is 140 Å². The van der Waals surface area contributed by atoms with Gasteiger partial charge in [-0.05, 0) is 57.0 Å². The van der Waals surface area contributed by atoms with Crippen molar-refractivity contribution in [3.63, 3.8) is 0 Å². The van der Waals surface area contributed by atoms with Gasteiger partial charge >= 0.3 is 0 Å². The highest BCUT2D eigenvalue weighted by molar-refractivity contribution is 9.11. The van der Waals surface area contributed by atoms with Gasteiger partial charge in [0.25, 0.3) is 0 Å². The topological polar surface area (TPSA) is 52.0 Å². The Hall–Kier alpha value is -0.850. The molecule has 2 N–H and O–H groups in total. The van der Waals surface area contributed by atoms with Crippen LogP contribution in [0.25, 0.3) is 22.6 Å². The minimum atomic E-state index is 0.572. The molecule has 0 aliphatic heterocycles. The summed E-state index contributed by atoms with van der Waals surface area (Å²) in [7, 11) is 0. The zero-order valence-corrected chi connectivity index (χ0v) is 15.1. The number of nitrogens with two attached hydrogens (primary N) is 1. The molecule has 0 saturated heterocycles. The average molecular weight is 461 g/mol. The summed E-state index contributed by atoms with van der Waals surface area (Å²) >= 11 is 10.4. The van der Waals surface area contributed by atoms with E-state index in [9.17, 15) is 0 Å². The number of anilines is 1. The molecule has 0 radical (unpaired) electrons. The second-order valence-corrected chi connectivity index (χ2v) is 6.88. The molecule has 2 aromatic carbocycles. The Bertz CT molecular complexity index is 782. The summed E-state index contributed by atoms with van der Waals surface area (Å²) in [4.78, 5) is 4.55. The maximum atomic E-state index is 6.04. The van der Waals surface area contributed by atoms with Gasteiger partial charge in [-0.2, -0.15) is 0 Å². The molecule has 0 aliphatic carbocycles. The van der Waals surface area contributed by atoms with Crippen molar-refractivity contribution in [3.8, 4) is 11.5 Å². The lowest BCUT2D eigenvalue weighted by atomic mass is 10.2. The summed E-state index contributed by atoms with van der Waals surface area (Å²) in [6.45, 7) is 1.95. The lowest BCUT2D eigenvalue weighted by Crippen LogP contribution is -1.92. The first-order valence-electron chi connectivity index (χ1n) is 5.78. The number of fused-ring (bicyclic) bond motifs is 1. The monoisotopic (exact) mass is 458 g/mol. The van der Waals surface area contributed by atoms with Crippen LogP contribution in [-0.2, 0) is 0 Å². The number of halogens is 3. The van der Waals surface area contributed by atoms with Crippen molar-refractivity contribution < 1.29 is 4.42 Å². The summed E-state index contributed by atoms with van der Waals surface area (Å²) in [5.74, 6) is 0.572. The first kappa shape index (κ1) is 14.1. The van der Waals surface area contributed by atoms with E-state index >= 15 is 0 Å². The van der Waals surface area contributed by atoms with Crippen LogP contribution < -0.4 is 5.73 Å². The normalized spacial score (nSPS) is 11.2. The molecule has 1 aromatic heterocycles. The van der Waals surface area contributed by atoms with E-state index in [2.05, 4.69) is 52.8 Å². The van der Waals surface area contributed by atoms with E-state index in [1.165, 1.54) is 0 Å². The fourth-order valence-electron chi connectivity index (χ4n) is 1.99. The van der Waals surface area contributed by atoms with Gasteiger partial charge in [0.05, 0.1) is 10.2 Å². The zero-order chi connectivity index (χ0) is 14.4. The molecule has 0 unspecified atom stereocenters. The van der Waals surface area contributed by atoms with Crippen molar-refractivity contribution in [2.24, 2.45) is 0 Å². The number of rotatable bonds is 1. The Balaban J connectivity index is 2.31. The molecule has 0 fully saturated rings. The van der Waals surface area contributed by atoms with Crippen LogP contribution in [0.3, 0.4) is 0 Å². The van der Waals surface area contributed by atoms with E-state index in [-0.39, 0.29) is 0 Å². The number of nitrogen functional groups attached to an aromatic ring is 1. The van der Waals surface area contributed by atoms with Gasteiger partial charge in [0.1, 0.15) is 5.52 Å². The number of aryl methyl sites for hydroxylation is 1. The Morgan fingerprint density at radius 3 is 2.60 bits per heavy atom. The quantitative estimate of drug-likeness (QED) is 0.476. The van der Waals surface area contributed by atoms with E-state index in [1.807, 2.05) is 31.2 Å². The Morgan fingerprint density at radius 1 is 1.15 bits per heavy atom. The predicted octanol–water partition coefficient (Wildman–Crippen LogP) is 5.67. The van der Waals surface area contributed by atoms with Crippen LogP contribution >= 0.6 is 47.8 Å². The van der Waals surface area contributed by atoms with Gasteiger partial charge in [-0.3, -0.25) is 0 Å². The number of nitrogens with zero attached hydrogens (tertiary/aromatic N) is 1. The highest BCUT2D eigenvalue weighted by Gasteiger charge is 2.18. The maximum absolute atomic E-state index is 6.04. The van der Waals surface area contributed by atoms with E-state index < -0.39 is 0 Å². The molecule has 102 valence electrons. The lowest BCUT2D eigenvalue weighted by molar-refractivity contribution is 0.617. The molecular formula is C14H9Br3N2O. The van der Waals surface area contributed by atoms with Gasteiger partial charge in [0, 0.05) is 20.1 Å². The van der Waals surface area contributed by atoms with Gasteiger partial charge in [-0.25, -0.2) is 4.98 Å². The van der Waals surface area contributed by atoms with Crippen LogP contribution in [0.5, 0.6) is 0 Å². The molecule has 0 atom stereocenters. The second-order valence-electron chi connectivity index (χ2n) is 4.37. The van der Waals surface area contributed by atoms with Crippen LogP contribution in [0, 0.1) is 6.92 Å². The highest BCUT2D eigenvalue weighted by atomic mass is 79.9. The molecule has 20 heavy (non-hydrogen) atoms. The van der Waals surface area contributed by atoms with Gasteiger partial charge < -0.3 is 10.2 Å². The van der Waals surface area contributed by atoms with E-state index in [1.54, 1.807) is 0 Å². The van der Waals surface area contributed by atoms with E-state index in [0.717, 1.165) is 35.6 Å². The minimum Gasteiger partial charge on any atom is -0.436 e. The van der Waals surface area contributed by atoms with Crippen LogP contribution in [0.1, 0.15) is 5.56 Å². The van der Waals surface area contributed by atoms with Crippen LogP contribution in [0.15, 0.2) is 42.1 Å². The summed E-state index contributed by atoms with van der Waals surface area (Å²) in [5, 5.41) is 0. The fraction of sp³-hybridized carbons (Fsp3) is 0.0714. The van der Waals surface area contributed by atoms with Gasteiger partial charge in [0.2, 0.25) is 5.89 Å². The Morgan fingerprint density at radius 2 is 1.90 bits per heavy atom. The number of aromatic nitrogens is 1. The van der Waals surface area contributed by atoms with Crippen molar-refractivity contribution in [3.05, 3.63) is 43.2 Å². The van der Waals surface area contributed by atoms with Crippen molar-refractivity contribution in [2.75, 3.05) is 5.73 Å². The smallest absolute Gasteiger partial charge is 0.227 e. The third kappa shape index (κ3) is 2.19. The molecule has 0 saturated carbocycles. The third-order valence-corrected chi connectivity index (χ3v) is 5.37. The largest absolute Gasteiger partial charge is 0.436 e. The fourth-order valence-corrected chi connectivity index (χ4v) is 3.50. The number of hydrogen-bond acceptors (Lipinski definition) is 3. The van der Waals surface area contributed by atoms with Crippen molar-refractivity contribution in [2.45, 2.75) is 6.92 Å². The van der Waals surface area contributed by atoms with Gasteiger partial charge in [0.15, 0.2) is 5.58 Å². The van der Waals surface area contributed by atoms with Crippen LogP contribution in [-0.4, -0.2) is 4.98 Å². The third-order valence-electron chi connectivity index (χ3n) is 3.05. The summed E-state index contributed by atoms with van der Waals surface area (Å²) in [6, 6.07) is 7.83. The van der Waals surface area contributed by atoms with Gasteiger partial charge in [-0.1, -0.05) is 22.0 Å². The standard InChI is InChI=1S/C14H9Br3N2O/c1-6-9(16)11(18)10(17)12-13(6)20-14(19-12)7-3-2-4-8(15)5-7/h2-5H,18H2,1H3. The van der Waals surface area contributed by atoms with E-state index in [4.69, 9.17) is 10.2 Å². The predicted molar refractivity (Wildman–Crippen MR) is 91.7 cm³/mol. The highest BCUT2D eigenvalue weighted by Crippen LogP contribution is 2.40. The van der Waals surface area contributed by atoms with Crippen molar-refractivity contribution >= 4 is 64.6 Å². The average Bonchev–Trinajstić information content (AvgIpc) is 2.88. The SMILES string of the molecule is Cc1c(Br)c(N)c(Br)c2nc(-c3cccc(Br)c3)oc12. The molecular weight excluding hydrogens is 452 g/mol. The first-order chi connectivity index (χ1) is 9.49. The lowest BCUT2D eigenvalue weighted by Gasteiger charge is -2.05. The van der Waals surface area contributed by atoms with Crippen molar-refractivity contribution in [1.29, 1.82) is 0 Å². The number of hydrogen-bond donors (Lipinski definition) is 1. The van der Waals surface area contributed by atoms with E-state index in [0.29, 0.717) is 11.6 Å². The molecule has 0 bridgehead atoms. The molecule has 1 heterocycles. The summed E-state index contributed by atoms with van der Waals surface area (Å²) in [5.41, 5.74) is 9.98. The van der Waals surface area contributed by atoms with Crippen LogP contribution in [0.4, 0.5) is 5.69 Å². The minimum absolute atomic E-state index is 0.572. The molecule has 0 amide bonds. The molecule has 6 heteroatoms. The Kier molecular flexibility index (Phi) is 3.64. The summed E-state index contributed by atoms with van der Waals surface area (Å²) in [6.07, 6.45) is 0. The number of oxazole rings is 1. The maximum Gasteiger partial charge on any atom is 0.227 e. The van der Waals surface area contributed by atoms with Crippen LogP contribution in [0.2, 0.25) is 0 Å². The molecule has 3 rings (SSSR count). The first-order valence-corrected chi connectivity index (χ1v) is 8.16. The van der Waals surface area contributed by atoms with Gasteiger partial charge in [-0.15, -0.1) is 0 Å². The molecule has 3 aromatic rings. The van der Waals surface area contributed by atoms with Crippen molar-refractivity contribution in [1.82, 2.24) is 4.98 Å². The second kappa shape index (κ2) is 5.16. The number of benzene rings is 2. The summed E-state index contributed by atoms with van der Waals surface area (Å²) < 4.78 is 8.46. The molecule has 0 aliphatic rings. The zero-order valence-electron chi connectivity index (χ0n) is 10.4. The molecule has 0 spiro atoms.